The number of aromatic nitrogens is 2. The third-order valence-electron chi connectivity index (χ3n) is 3.14. The fraction of sp³-hybridized carbons (Fsp3) is 0.286. The molecule has 0 atom stereocenters. The number of hydrogen-bond acceptors (Lipinski definition) is 2. The van der Waals surface area contributed by atoms with Gasteiger partial charge in [-0.05, 0) is 37.5 Å². The summed E-state index contributed by atoms with van der Waals surface area (Å²) in [5, 5.41) is 13.2. The van der Waals surface area contributed by atoms with E-state index in [2.05, 4.69) is 31.1 Å². The van der Waals surface area contributed by atoms with Gasteiger partial charge in [0.25, 0.3) is 0 Å². The van der Waals surface area contributed by atoms with Crippen LogP contribution in [0.1, 0.15) is 32.7 Å². The number of carboxylic acids is 1. The second-order valence-corrected chi connectivity index (χ2v) is 4.50. The third-order valence-corrected chi connectivity index (χ3v) is 3.14. The number of nitrogens with zero attached hydrogens (tertiary/aromatic N) is 2. The lowest BCUT2D eigenvalue weighted by molar-refractivity contribution is 0.0696. The Hall–Kier alpha value is -2.10. The molecule has 1 aromatic carbocycles. The minimum Gasteiger partial charge on any atom is -0.478 e. The molecule has 0 aliphatic rings. The van der Waals surface area contributed by atoms with Crippen LogP contribution >= 0.6 is 0 Å². The van der Waals surface area contributed by atoms with Crippen molar-refractivity contribution in [3.63, 3.8) is 0 Å². The second kappa shape index (κ2) is 4.64. The molecule has 0 saturated heterocycles. The first-order valence-corrected chi connectivity index (χ1v) is 5.81. The lowest BCUT2D eigenvalue weighted by atomic mass is 10.0. The highest BCUT2D eigenvalue weighted by Gasteiger charge is 2.12. The molecule has 0 aliphatic heterocycles. The Kier molecular flexibility index (Phi) is 3.19. The summed E-state index contributed by atoms with van der Waals surface area (Å²) in [6.45, 7) is 6.42. The van der Waals surface area contributed by atoms with Gasteiger partial charge in [0, 0.05) is 6.20 Å². The van der Waals surface area contributed by atoms with Gasteiger partial charge in [-0.2, -0.15) is 5.10 Å². The highest BCUT2D eigenvalue weighted by molar-refractivity contribution is 5.88. The summed E-state index contributed by atoms with van der Waals surface area (Å²) in [6, 6.07) is 6.12. The first kappa shape index (κ1) is 12.4. The highest BCUT2D eigenvalue weighted by Crippen LogP contribution is 2.15. The monoisotopic (exact) mass is 244 g/mol. The molecule has 0 amide bonds. The Morgan fingerprint density at radius 2 is 1.89 bits per heavy atom. The lowest BCUT2D eigenvalue weighted by Crippen LogP contribution is -2.04. The molecule has 0 fully saturated rings. The zero-order chi connectivity index (χ0) is 13.3. The minimum absolute atomic E-state index is 0.265. The van der Waals surface area contributed by atoms with Crippen molar-refractivity contribution >= 4 is 5.97 Å². The highest BCUT2D eigenvalue weighted by atomic mass is 16.4. The van der Waals surface area contributed by atoms with Crippen LogP contribution in [0.5, 0.6) is 0 Å². The predicted molar refractivity (Wildman–Crippen MR) is 68.9 cm³/mol. The SMILES string of the molecule is Cc1cccc(C)c1Cn1cc(C(=O)O)c(C)n1. The van der Waals surface area contributed by atoms with Crippen molar-refractivity contribution in [2.45, 2.75) is 27.3 Å². The van der Waals surface area contributed by atoms with Gasteiger partial charge in [-0.1, -0.05) is 18.2 Å². The van der Waals surface area contributed by atoms with Gasteiger partial charge in [0.1, 0.15) is 5.56 Å². The molecular formula is C14H16N2O2. The number of benzene rings is 1. The normalized spacial score (nSPS) is 10.6. The number of carboxylic acid groups (broad SMARTS) is 1. The van der Waals surface area contributed by atoms with Crippen molar-refractivity contribution in [2.75, 3.05) is 0 Å². The van der Waals surface area contributed by atoms with E-state index in [4.69, 9.17) is 5.11 Å². The first-order chi connectivity index (χ1) is 8.49. The molecular weight excluding hydrogens is 228 g/mol. The summed E-state index contributed by atoms with van der Waals surface area (Å²) in [5.41, 5.74) is 4.40. The Morgan fingerprint density at radius 3 is 2.39 bits per heavy atom. The fourth-order valence-corrected chi connectivity index (χ4v) is 2.07. The molecule has 0 unspecified atom stereocenters. The summed E-state index contributed by atoms with van der Waals surface area (Å²) in [4.78, 5) is 11.0. The summed E-state index contributed by atoms with van der Waals surface area (Å²) < 4.78 is 1.69. The zero-order valence-corrected chi connectivity index (χ0v) is 10.8. The molecule has 0 spiro atoms. The van der Waals surface area contributed by atoms with Crippen LogP contribution in [0.15, 0.2) is 24.4 Å². The second-order valence-electron chi connectivity index (χ2n) is 4.50. The van der Waals surface area contributed by atoms with Gasteiger partial charge in [0.15, 0.2) is 0 Å². The van der Waals surface area contributed by atoms with E-state index in [-0.39, 0.29) is 5.56 Å². The van der Waals surface area contributed by atoms with Crippen molar-refractivity contribution in [1.82, 2.24) is 9.78 Å². The van der Waals surface area contributed by atoms with Crippen LogP contribution < -0.4 is 0 Å². The standard InChI is InChI=1S/C14H16N2O2/c1-9-5-4-6-10(2)12(9)7-16-8-13(14(17)18)11(3)15-16/h4-6,8H,7H2,1-3H3,(H,17,18). The minimum atomic E-state index is -0.930. The Balaban J connectivity index is 2.35. The molecule has 1 heterocycles. The van der Waals surface area contributed by atoms with Gasteiger partial charge in [-0.25, -0.2) is 4.79 Å². The number of hydrogen-bond donors (Lipinski definition) is 1. The average Bonchev–Trinajstić information content (AvgIpc) is 2.65. The van der Waals surface area contributed by atoms with Crippen LogP contribution in [0.2, 0.25) is 0 Å². The number of aromatic carboxylic acids is 1. The van der Waals surface area contributed by atoms with Gasteiger partial charge in [0.2, 0.25) is 0 Å². The average molecular weight is 244 g/mol. The zero-order valence-electron chi connectivity index (χ0n) is 10.8. The summed E-state index contributed by atoms with van der Waals surface area (Å²) in [6.07, 6.45) is 1.59. The molecule has 4 heteroatoms. The van der Waals surface area contributed by atoms with E-state index in [9.17, 15) is 4.79 Å². The molecule has 0 bridgehead atoms. The molecule has 94 valence electrons. The van der Waals surface area contributed by atoms with Crippen molar-refractivity contribution in [3.8, 4) is 0 Å². The maximum absolute atomic E-state index is 11.0. The van der Waals surface area contributed by atoms with Crippen LogP contribution in [0.25, 0.3) is 0 Å². The topological polar surface area (TPSA) is 55.1 Å². The molecule has 0 saturated carbocycles. The van der Waals surface area contributed by atoms with Gasteiger partial charge in [-0.3, -0.25) is 4.68 Å². The van der Waals surface area contributed by atoms with E-state index >= 15 is 0 Å². The number of carbonyl (C=O) groups is 1. The van der Waals surface area contributed by atoms with Crippen LogP contribution in [-0.4, -0.2) is 20.9 Å². The first-order valence-electron chi connectivity index (χ1n) is 5.81. The number of aryl methyl sites for hydroxylation is 3. The van der Waals surface area contributed by atoms with Crippen LogP contribution in [0, 0.1) is 20.8 Å². The van der Waals surface area contributed by atoms with Crippen LogP contribution in [0.4, 0.5) is 0 Å². The maximum Gasteiger partial charge on any atom is 0.339 e. The van der Waals surface area contributed by atoms with E-state index < -0.39 is 5.97 Å². The van der Waals surface area contributed by atoms with Crippen molar-refractivity contribution in [1.29, 1.82) is 0 Å². The van der Waals surface area contributed by atoms with Crippen LogP contribution in [-0.2, 0) is 6.54 Å². The summed E-state index contributed by atoms with van der Waals surface area (Å²) >= 11 is 0. The van der Waals surface area contributed by atoms with Crippen molar-refractivity contribution in [2.24, 2.45) is 0 Å². The molecule has 1 aromatic heterocycles. The van der Waals surface area contributed by atoms with Crippen molar-refractivity contribution in [3.05, 3.63) is 52.3 Å². The van der Waals surface area contributed by atoms with Gasteiger partial charge in [0.05, 0.1) is 12.2 Å². The third kappa shape index (κ3) is 2.27. The van der Waals surface area contributed by atoms with Gasteiger partial charge >= 0.3 is 5.97 Å². The molecule has 0 aliphatic carbocycles. The largest absolute Gasteiger partial charge is 0.478 e. The number of rotatable bonds is 3. The fourth-order valence-electron chi connectivity index (χ4n) is 2.07. The maximum atomic E-state index is 11.0. The van der Waals surface area contributed by atoms with E-state index in [0.29, 0.717) is 12.2 Å². The molecule has 2 aromatic rings. The quantitative estimate of drug-likeness (QED) is 0.902. The van der Waals surface area contributed by atoms with Gasteiger partial charge < -0.3 is 5.11 Å². The Labute approximate surface area is 106 Å². The van der Waals surface area contributed by atoms with E-state index in [0.717, 1.165) is 0 Å². The predicted octanol–water partition coefficient (Wildman–Crippen LogP) is 2.55. The van der Waals surface area contributed by atoms with E-state index in [1.165, 1.54) is 16.7 Å². The molecule has 18 heavy (non-hydrogen) atoms. The lowest BCUT2D eigenvalue weighted by Gasteiger charge is -2.09. The molecule has 1 N–H and O–H groups in total. The Bertz CT molecular complexity index is 580. The summed E-state index contributed by atoms with van der Waals surface area (Å²) in [7, 11) is 0. The molecule has 2 rings (SSSR count). The van der Waals surface area contributed by atoms with Crippen LogP contribution in [0.3, 0.4) is 0 Å². The van der Waals surface area contributed by atoms with Gasteiger partial charge in [-0.15, -0.1) is 0 Å². The van der Waals surface area contributed by atoms with E-state index in [1.807, 2.05) is 6.07 Å². The molecule has 4 nitrogen and oxygen atoms in total. The summed E-state index contributed by atoms with van der Waals surface area (Å²) in [5.74, 6) is -0.930. The smallest absolute Gasteiger partial charge is 0.339 e. The Morgan fingerprint density at radius 1 is 1.28 bits per heavy atom. The van der Waals surface area contributed by atoms with E-state index in [1.54, 1.807) is 17.8 Å². The molecule has 0 radical (unpaired) electrons. The van der Waals surface area contributed by atoms with Crippen molar-refractivity contribution < 1.29 is 9.90 Å².